The number of hydrogen-bond acceptors (Lipinski definition) is 3. The molecule has 4 rings (SSSR count). The van der Waals surface area contributed by atoms with Crippen LogP contribution in [0.5, 0.6) is 0 Å². The monoisotopic (exact) mass is 410 g/mol. The molecule has 2 amide bonds. The molecule has 31 heavy (non-hydrogen) atoms. The molecule has 0 aliphatic rings. The fraction of sp³-hybridized carbons (Fsp3) is 0.0800. The molecule has 0 radical (unpaired) electrons. The minimum Gasteiger partial charge on any atom is -0.332 e. The Kier molecular flexibility index (Phi) is 5.89. The number of imidazole rings is 1. The fourth-order valence-electron chi connectivity index (χ4n) is 3.18. The zero-order valence-corrected chi connectivity index (χ0v) is 17.1. The second kappa shape index (κ2) is 9.09. The molecule has 6 nitrogen and oxygen atoms in total. The summed E-state index contributed by atoms with van der Waals surface area (Å²) in [5.41, 5.74) is 4.54. The van der Waals surface area contributed by atoms with Crippen molar-refractivity contribution in [1.82, 2.24) is 9.55 Å². The zero-order valence-electron chi connectivity index (χ0n) is 17.1. The number of carbonyl (C=O) groups excluding carboxylic acids is 2. The van der Waals surface area contributed by atoms with Gasteiger partial charge in [-0.05, 0) is 54.4 Å². The van der Waals surface area contributed by atoms with E-state index in [1.54, 1.807) is 24.7 Å². The van der Waals surface area contributed by atoms with Gasteiger partial charge in [-0.3, -0.25) is 9.59 Å². The first kappa shape index (κ1) is 20.1. The molecule has 154 valence electrons. The number of hydrogen-bond donors (Lipinski definition) is 2. The van der Waals surface area contributed by atoms with Crippen LogP contribution in [-0.4, -0.2) is 21.4 Å². The predicted octanol–water partition coefficient (Wildman–Crippen LogP) is 4.74. The number of carbonyl (C=O) groups is 2. The largest absolute Gasteiger partial charge is 0.332 e. The summed E-state index contributed by atoms with van der Waals surface area (Å²) >= 11 is 0. The average molecular weight is 410 g/mol. The molecule has 1 aromatic heterocycles. The molecular weight excluding hydrogens is 388 g/mol. The highest BCUT2D eigenvalue weighted by molar-refractivity contribution is 6.04. The van der Waals surface area contributed by atoms with Crippen LogP contribution in [0.2, 0.25) is 0 Å². The first-order valence-corrected chi connectivity index (χ1v) is 9.92. The van der Waals surface area contributed by atoms with E-state index in [0.717, 1.165) is 22.5 Å². The van der Waals surface area contributed by atoms with Gasteiger partial charge in [-0.1, -0.05) is 42.5 Å². The minimum absolute atomic E-state index is 0.146. The quantitative estimate of drug-likeness (QED) is 0.482. The number of anilines is 2. The van der Waals surface area contributed by atoms with Gasteiger partial charge < -0.3 is 15.2 Å². The van der Waals surface area contributed by atoms with Crippen LogP contribution in [0.15, 0.2) is 91.4 Å². The molecule has 0 saturated heterocycles. The summed E-state index contributed by atoms with van der Waals surface area (Å²) in [5.74, 6) is -0.393. The molecule has 2 N–H and O–H groups in total. The van der Waals surface area contributed by atoms with Crippen LogP contribution in [0, 0.1) is 6.92 Å². The Morgan fingerprint density at radius 2 is 1.58 bits per heavy atom. The van der Waals surface area contributed by atoms with Gasteiger partial charge in [0.2, 0.25) is 0 Å². The summed E-state index contributed by atoms with van der Waals surface area (Å²) in [7, 11) is 0. The Balaban J connectivity index is 1.36. The van der Waals surface area contributed by atoms with Gasteiger partial charge in [-0.2, -0.15) is 0 Å². The highest BCUT2D eigenvalue weighted by Crippen LogP contribution is 2.14. The topological polar surface area (TPSA) is 76.0 Å². The van der Waals surface area contributed by atoms with Gasteiger partial charge in [0.25, 0.3) is 11.8 Å². The van der Waals surface area contributed by atoms with Gasteiger partial charge in [-0.15, -0.1) is 0 Å². The lowest BCUT2D eigenvalue weighted by molar-refractivity contribution is 0.101. The summed E-state index contributed by atoms with van der Waals surface area (Å²) < 4.78 is 1.85. The maximum absolute atomic E-state index is 12.4. The smallest absolute Gasteiger partial charge is 0.275 e. The van der Waals surface area contributed by atoms with E-state index < -0.39 is 0 Å². The van der Waals surface area contributed by atoms with E-state index in [1.807, 2.05) is 78.2 Å². The van der Waals surface area contributed by atoms with Crippen molar-refractivity contribution in [2.45, 2.75) is 13.5 Å². The molecule has 0 saturated carbocycles. The van der Waals surface area contributed by atoms with Crippen molar-refractivity contribution in [2.24, 2.45) is 0 Å². The van der Waals surface area contributed by atoms with E-state index >= 15 is 0 Å². The molecule has 0 spiro atoms. The fourth-order valence-corrected chi connectivity index (χ4v) is 3.18. The summed E-state index contributed by atoms with van der Waals surface area (Å²) in [6, 6.07) is 24.3. The van der Waals surface area contributed by atoms with E-state index in [9.17, 15) is 9.59 Å². The highest BCUT2D eigenvalue weighted by atomic mass is 16.2. The molecule has 4 aromatic rings. The van der Waals surface area contributed by atoms with Crippen LogP contribution in [-0.2, 0) is 6.54 Å². The number of nitrogens with zero attached hydrogens (tertiary/aromatic N) is 2. The third kappa shape index (κ3) is 5.25. The maximum atomic E-state index is 12.4. The molecule has 0 fully saturated rings. The second-order valence-corrected chi connectivity index (χ2v) is 7.27. The van der Waals surface area contributed by atoms with E-state index in [0.29, 0.717) is 17.8 Å². The van der Waals surface area contributed by atoms with Crippen LogP contribution in [0.1, 0.15) is 32.0 Å². The molecule has 0 aliphatic carbocycles. The molecule has 3 aromatic carbocycles. The number of nitrogens with one attached hydrogen (secondary N) is 2. The number of amides is 2. The number of aromatic nitrogens is 2. The van der Waals surface area contributed by atoms with Crippen molar-refractivity contribution in [3.05, 3.63) is 114 Å². The summed E-state index contributed by atoms with van der Waals surface area (Å²) in [4.78, 5) is 28.9. The summed E-state index contributed by atoms with van der Waals surface area (Å²) in [5, 5.41) is 5.74. The van der Waals surface area contributed by atoms with Crippen molar-refractivity contribution >= 4 is 23.2 Å². The standard InChI is InChI=1S/C25H22N4O2/c1-18-6-5-9-22(14-18)28-25(31)23-16-29(17-26-23)15-19-10-12-21(13-11-19)27-24(30)20-7-3-2-4-8-20/h2-14,16-17H,15H2,1H3,(H,27,30)(H,28,31). The average Bonchev–Trinajstić information content (AvgIpc) is 3.24. The Bertz CT molecular complexity index is 1200. The third-order valence-electron chi connectivity index (χ3n) is 4.75. The summed E-state index contributed by atoms with van der Waals surface area (Å²) in [6.07, 6.45) is 3.35. The van der Waals surface area contributed by atoms with Gasteiger partial charge in [0, 0.05) is 29.7 Å². The van der Waals surface area contributed by atoms with Gasteiger partial charge >= 0.3 is 0 Å². The molecule has 1 heterocycles. The van der Waals surface area contributed by atoms with Crippen LogP contribution in [0.4, 0.5) is 11.4 Å². The van der Waals surface area contributed by atoms with Gasteiger partial charge in [-0.25, -0.2) is 4.98 Å². The molecule has 0 atom stereocenters. The van der Waals surface area contributed by atoms with Crippen LogP contribution < -0.4 is 10.6 Å². The molecule has 0 bridgehead atoms. The van der Waals surface area contributed by atoms with Crippen molar-refractivity contribution in [3.8, 4) is 0 Å². The Morgan fingerprint density at radius 3 is 2.32 bits per heavy atom. The van der Waals surface area contributed by atoms with E-state index in [-0.39, 0.29) is 11.8 Å². The number of rotatable bonds is 6. The zero-order chi connectivity index (χ0) is 21.6. The van der Waals surface area contributed by atoms with Crippen molar-refractivity contribution in [1.29, 1.82) is 0 Å². The minimum atomic E-state index is -0.247. The molecule has 0 unspecified atom stereocenters. The summed E-state index contributed by atoms with van der Waals surface area (Å²) in [6.45, 7) is 2.54. The number of aryl methyl sites for hydroxylation is 1. The lowest BCUT2D eigenvalue weighted by Crippen LogP contribution is -2.12. The first-order chi connectivity index (χ1) is 15.1. The van der Waals surface area contributed by atoms with Crippen molar-refractivity contribution in [3.63, 3.8) is 0 Å². The molecule has 6 heteroatoms. The van der Waals surface area contributed by atoms with Crippen LogP contribution in [0.25, 0.3) is 0 Å². The van der Waals surface area contributed by atoms with Crippen LogP contribution >= 0.6 is 0 Å². The Labute approximate surface area is 180 Å². The lowest BCUT2D eigenvalue weighted by atomic mass is 10.2. The van der Waals surface area contributed by atoms with Gasteiger partial charge in [0.15, 0.2) is 0 Å². The maximum Gasteiger partial charge on any atom is 0.275 e. The van der Waals surface area contributed by atoms with Crippen LogP contribution in [0.3, 0.4) is 0 Å². The predicted molar refractivity (Wildman–Crippen MR) is 121 cm³/mol. The van der Waals surface area contributed by atoms with Gasteiger partial charge in [0.1, 0.15) is 5.69 Å². The van der Waals surface area contributed by atoms with Crippen molar-refractivity contribution < 1.29 is 9.59 Å². The SMILES string of the molecule is Cc1cccc(NC(=O)c2cn(Cc3ccc(NC(=O)c4ccccc4)cc3)cn2)c1. The lowest BCUT2D eigenvalue weighted by Gasteiger charge is -2.07. The third-order valence-corrected chi connectivity index (χ3v) is 4.75. The Morgan fingerprint density at radius 1 is 0.839 bits per heavy atom. The Hall–Kier alpha value is -4.19. The van der Waals surface area contributed by atoms with E-state index in [1.165, 1.54) is 0 Å². The highest BCUT2D eigenvalue weighted by Gasteiger charge is 2.10. The normalized spacial score (nSPS) is 10.5. The van der Waals surface area contributed by atoms with E-state index in [4.69, 9.17) is 0 Å². The van der Waals surface area contributed by atoms with E-state index in [2.05, 4.69) is 15.6 Å². The molecular formula is C25H22N4O2. The molecule has 0 aliphatic heterocycles. The second-order valence-electron chi connectivity index (χ2n) is 7.27. The first-order valence-electron chi connectivity index (χ1n) is 9.92. The van der Waals surface area contributed by atoms with Crippen molar-refractivity contribution in [2.75, 3.05) is 10.6 Å². The number of benzene rings is 3. The van der Waals surface area contributed by atoms with Gasteiger partial charge in [0.05, 0.1) is 6.33 Å².